The van der Waals surface area contributed by atoms with E-state index in [9.17, 15) is 5.11 Å². The van der Waals surface area contributed by atoms with Crippen molar-refractivity contribution in [2.24, 2.45) is 0 Å². The van der Waals surface area contributed by atoms with E-state index in [1.54, 1.807) is 0 Å². The minimum Gasteiger partial charge on any atom is -0.507 e. The zero-order chi connectivity index (χ0) is 23.3. The molecule has 0 aromatic heterocycles. The average molecular weight is 534 g/mol. The van der Waals surface area contributed by atoms with Crippen LogP contribution in [0.15, 0.2) is 60.7 Å². The Morgan fingerprint density at radius 1 is 0.622 bits per heavy atom. The number of unbranched alkanes of at least 4 members (excludes halogenated alkanes) is 6. The summed E-state index contributed by atoms with van der Waals surface area (Å²) in [5.41, 5.74) is 9.16. The number of phenolic OH excluding ortho intramolecular Hbond substituents is 1. The van der Waals surface area contributed by atoms with Crippen molar-refractivity contribution in [2.75, 3.05) is 0 Å². The van der Waals surface area contributed by atoms with Gasteiger partial charge in [-0.15, -0.1) is 0 Å². The molecular formula is C35H49OTi. The van der Waals surface area contributed by atoms with Crippen LogP contribution in [0, 0.1) is 29.2 Å². The number of aromatic hydroxyl groups is 1. The summed E-state index contributed by atoms with van der Waals surface area (Å²) >= 11 is 0. The van der Waals surface area contributed by atoms with Crippen LogP contribution >= 0.6 is 0 Å². The van der Waals surface area contributed by atoms with Crippen LogP contribution in [0.2, 0.25) is 0 Å². The fourth-order valence-corrected chi connectivity index (χ4v) is 5.87. The molecule has 1 N–H and O–H groups in total. The largest absolute Gasteiger partial charge is 3.00 e. The first kappa shape index (κ1) is 35.2. The molecule has 0 saturated carbocycles. The van der Waals surface area contributed by atoms with Crippen LogP contribution in [0.25, 0.3) is 22.3 Å². The molecule has 199 valence electrons. The van der Waals surface area contributed by atoms with Gasteiger partial charge in [-0.2, -0.15) is 0 Å². The SMILES string of the molecule is CCCCCCC1(CCCCCC)c2ccccc2-c2ccc(-c3cc(C)ccc3O)cc21.[CH3-].[CH3-].[CH3-].[Ti+3]. The molecule has 0 atom stereocenters. The van der Waals surface area contributed by atoms with Gasteiger partial charge in [0.1, 0.15) is 5.75 Å². The first-order valence-corrected chi connectivity index (χ1v) is 13.1. The topological polar surface area (TPSA) is 20.2 Å². The summed E-state index contributed by atoms with van der Waals surface area (Å²) in [6.07, 6.45) is 12.8. The van der Waals surface area contributed by atoms with E-state index in [4.69, 9.17) is 0 Å². The Hall–Kier alpha value is -1.83. The molecule has 2 heteroatoms. The number of hydrogen-bond acceptors (Lipinski definition) is 1. The van der Waals surface area contributed by atoms with Gasteiger partial charge in [0, 0.05) is 11.0 Å². The summed E-state index contributed by atoms with van der Waals surface area (Å²) in [6.45, 7) is 6.68. The van der Waals surface area contributed by atoms with E-state index < -0.39 is 0 Å². The predicted octanol–water partition coefficient (Wildman–Crippen LogP) is 10.9. The molecule has 0 unspecified atom stereocenters. The summed E-state index contributed by atoms with van der Waals surface area (Å²) in [5, 5.41) is 10.6. The molecule has 37 heavy (non-hydrogen) atoms. The van der Waals surface area contributed by atoms with Gasteiger partial charge in [0.15, 0.2) is 0 Å². The Morgan fingerprint density at radius 2 is 1.22 bits per heavy atom. The summed E-state index contributed by atoms with van der Waals surface area (Å²) in [7, 11) is 0. The Morgan fingerprint density at radius 3 is 1.84 bits per heavy atom. The maximum absolute atomic E-state index is 10.6. The maximum atomic E-state index is 10.6. The van der Waals surface area contributed by atoms with Crippen molar-refractivity contribution in [3.8, 4) is 28.0 Å². The summed E-state index contributed by atoms with van der Waals surface area (Å²) in [5.74, 6) is 0.368. The summed E-state index contributed by atoms with van der Waals surface area (Å²) in [4.78, 5) is 0. The number of aryl methyl sites for hydroxylation is 1. The van der Waals surface area contributed by atoms with E-state index in [0.717, 1.165) is 11.1 Å². The van der Waals surface area contributed by atoms with E-state index in [1.807, 2.05) is 12.1 Å². The van der Waals surface area contributed by atoms with Gasteiger partial charge in [-0.3, -0.25) is 0 Å². The molecule has 0 aliphatic heterocycles. The van der Waals surface area contributed by atoms with Crippen LogP contribution in [0.4, 0.5) is 0 Å². The fraction of sp³-hybridized carbons (Fsp3) is 0.400. The molecule has 0 saturated heterocycles. The standard InChI is InChI=1S/C32H40O.3CH3.Ti/c1-4-6-8-12-20-32(21-13-9-7-5-2)29-15-11-10-14-26(29)27-18-17-25(23-30(27)32)28-22-24(3)16-19-31(28)33;;;;/h10-11,14-19,22-23,33H,4-9,12-13,20-21H2,1-3H3;3*1H3;/q;3*-1;+3. The molecular weight excluding hydrogens is 484 g/mol. The van der Waals surface area contributed by atoms with Crippen LogP contribution in [0.5, 0.6) is 5.75 Å². The first-order chi connectivity index (χ1) is 16.1. The van der Waals surface area contributed by atoms with Gasteiger partial charge in [0.05, 0.1) is 0 Å². The molecule has 1 nitrogen and oxygen atoms in total. The zero-order valence-electron chi connectivity index (χ0n) is 24.3. The van der Waals surface area contributed by atoms with Crippen molar-refractivity contribution in [1.82, 2.24) is 0 Å². The minimum atomic E-state index is 0. The van der Waals surface area contributed by atoms with Crippen molar-refractivity contribution in [2.45, 2.75) is 90.4 Å². The Balaban J connectivity index is 0.00000324. The Bertz CT molecular complexity index is 1070. The van der Waals surface area contributed by atoms with Gasteiger partial charge in [-0.25, -0.2) is 0 Å². The monoisotopic (exact) mass is 533 g/mol. The van der Waals surface area contributed by atoms with Crippen molar-refractivity contribution in [3.05, 3.63) is 99.6 Å². The predicted molar refractivity (Wildman–Crippen MR) is 161 cm³/mol. The zero-order valence-corrected chi connectivity index (χ0v) is 25.9. The molecule has 0 amide bonds. The van der Waals surface area contributed by atoms with E-state index in [0.29, 0.717) is 5.75 Å². The van der Waals surface area contributed by atoms with Crippen LogP contribution < -0.4 is 0 Å². The van der Waals surface area contributed by atoms with Crippen molar-refractivity contribution >= 4 is 0 Å². The van der Waals surface area contributed by atoms with Gasteiger partial charge >= 0.3 is 21.7 Å². The third-order valence-electron chi connectivity index (χ3n) is 7.65. The number of fused-ring (bicyclic) bond motifs is 3. The number of phenols is 1. The van der Waals surface area contributed by atoms with Crippen molar-refractivity contribution in [3.63, 3.8) is 0 Å². The molecule has 4 rings (SSSR count). The molecule has 1 aliphatic rings. The second-order valence-electron chi connectivity index (χ2n) is 10.0. The van der Waals surface area contributed by atoms with Crippen LogP contribution in [0.1, 0.15) is 94.7 Å². The molecule has 0 fully saturated rings. The third kappa shape index (κ3) is 7.39. The number of rotatable bonds is 11. The minimum absolute atomic E-state index is 0. The first-order valence-electron chi connectivity index (χ1n) is 13.1. The second kappa shape index (κ2) is 16.2. The third-order valence-corrected chi connectivity index (χ3v) is 7.65. The molecule has 0 bridgehead atoms. The number of benzene rings is 3. The Kier molecular flexibility index (Phi) is 15.4. The molecule has 0 spiro atoms. The van der Waals surface area contributed by atoms with E-state index in [1.165, 1.54) is 92.0 Å². The quantitative estimate of drug-likeness (QED) is 0.148. The van der Waals surface area contributed by atoms with Crippen molar-refractivity contribution < 1.29 is 26.8 Å². The van der Waals surface area contributed by atoms with Crippen LogP contribution in [-0.2, 0) is 27.1 Å². The smallest absolute Gasteiger partial charge is 0.507 e. The average Bonchev–Trinajstić information content (AvgIpc) is 3.11. The fourth-order valence-electron chi connectivity index (χ4n) is 5.87. The molecule has 1 aliphatic carbocycles. The van der Waals surface area contributed by atoms with Gasteiger partial charge in [0.25, 0.3) is 0 Å². The molecule has 1 radical (unpaired) electrons. The van der Waals surface area contributed by atoms with Gasteiger partial charge in [-0.05, 0) is 65.8 Å². The molecule has 0 heterocycles. The van der Waals surface area contributed by atoms with E-state index >= 15 is 0 Å². The normalized spacial score (nSPS) is 12.2. The maximum Gasteiger partial charge on any atom is 3.00 e. The van der Waals surface area contributed by atoms with Gasteiger partial charge < -0.3 is 27.4 Å². The molecule has 3 aromatic carbocycles. The number of hydrogen-bond donors (Lipinski definition) is 1. The summed E-state index contributed by atoms with van der Waals surface area (Å²) < 4.78 is 0. The second-order valence-corrected chi connectivity index (χ2v) is 10.0. The van der Waals surface area contributed by atoms with E-state index in [-0.39, 0.29) is 49.4 Å². The summed E-state index contributed by atoms with van der Waals surface area (Å²) in [6, 6.07) is 22.0. The van der Waals surface area contributed by atoms with E-state index in [2.05, 4.69) is 69.3 Å². The van der Waals surface area contributed by atoms with Crippen LogP contribution in [-0.4, -0.2) is 5.11 Å². The van der Waals surface area contributed by atoms with Gasteiger partial charge in [0.2, 0.25) is 0 Å². The Labute approximate surface area is 244 Å². The van der Waals surface area contributed by atoms with Gasteiger partial charge in [-0.1, -0.05) is 113 Å². The molecule has 3 aromatic rings. The van der Waals surface area contributed by atoms with Crippen LogP contribution in [0.3, 0.4) is 0 Å². The van der Waals surface area contributed by atoms with Crippen molar-refractivity contribution in [1.29, 1.82) is 0 Å².